The highest BCUT2D eigenvalue weighted by Gasteiger charge is 2.29. The normalized spacial score (nSPS) is 15.8. The third-order valence-electron chi connectivity index (χ3n) is 4.95. The van der Waals surface area contributed by atoms with Crippen molar-refractivity contribution in [2.75, 3.05) is 0 Å². The summed E-state index contributed by atoms with van der Waals surface area (Å²) >= 11 is 0. The van der Waals surface area contributed by atoms with Crippen molar-refractivity contribution in [3.8, 4) is 0 Å². The Morgan fingerprint density at radius 1 is 0.600 bits per heavy atom. The lowest BCUT2D eigenvalue weighted by atomic mass is 9.86. The minimum atomic E-state index is -2.03. The third-order valence-corrected chi connectivity index (χ3v) is 4.95. The summed E-state index contributed by atoms with van der Waals surface area (Å²) in [5.41, 5.74) is 9.88. The molecular weight excluding hydrogens is 492 g/mol. The number of Topliss-reactive ketones (excluding diaryl/α,β-unsaturated/α-hetero) is 1. The summed E-state index contributed by atoms with van der Waals surface area (Å²) in [6, 6.07) is 0. The average molecular weight is 500 g/mol. The zero-order valence-corrected chi connectivity index (χ0v) is 16.9. The van der Waals surface area contributed by atoms with E-state index in [-0.39, 0.29) is 19.3 Å². The van der Waals surface area contributed by atoms with E-state index in [0.29, 0.717) is 12.2 Å². The van der Waals surface area contributed by atoms with Crippen LogP contribution in [0.25, 0.3) is 33.0 Å². The van der Waals surface area contributed by atoms with Crippen LogP contribution in [0.1, 0.15) is 30.4 Å². The molecule has 1 saturated carbocycles. The Labute approximate surface area is 189 Å². The molecule has 0 aromatic heterocycles. The highest BCUT2D eigenvalue weighted by Crippen LogP contribution is 2.36. The molecule has 1 aliphatic rings. The Hall–Kier alpha value is -4.35. The number of nitrogens with zero attached hydrogens (tertiary/aromatic N) is 6. The van der Waals surface area contributed by atoms with Crippen molar-refractivity contribution in [3.05, 3.63) is 89.7 Å². The molecule has 35 heavy (non-hydrogen) atoms. The van der Waals surface area contributed by atoms with E-state index in [4.69, 9.17) is 11.1 Å². The average Bonchev–Trinajstić information content (AvgIpc) is 2.84. The molecule has 15 heteroatoms. The number of allylic oxidation sites excluding steroid dienone is 2. The molecule has 2 aromatic carbocycles. The summed E-state index contributed by atoms with van der Waals surface area (Å²) < 4.78 is 113. The van der Waals surface area contributed by atoms with Gasteiger partial charge in [0.05, 0.1) is 11.1 Å². The first-order chi connectivity index (χ1) is 16.5. The Bertz CT molecular complexity index is 1270. The van der Waals surface area contributed by atoms with Crippen molar-refractivity contribution in [2.45, 2.75) is 19.3 Å². The monoisotopic (exact) mass is 500 g/mol. The van der Waals surface area contributed by atoms with E-state index in [1.165, 1.54) is 0 Å². The van der Waals surface area contributed by atoms with Crippen molar-refractivity contribution in [1.82, 2.24) is 0 Å². The topological polar surface area (TPSA) is 115 Å². The van der Waals surface area contributed by atoms with Gasteiger partial charge in [-0.05, 0) is 42.5 Å². The third kappa shape index (κ3) is 4.42. The number of ketones is 1. The molecule has 1 fully saturated rings. The molecule has 2 aromatic rings. The summed E-state index contributed by atoms with van der Waals surface area (Å²) in [7, 11) is 0. The maximum atomic E-state index is 14.3. The Balaban J connectivity index is 2.13. The summed E-state index contributed by atoms with van der Waals surface area (Å²) in [5.74, 6) is -17.1. The molecule has 0 unspecified atom stereocenters. The Morgan fingerprint density at radius 2 is 0.914 bits per heavy atom. The quantitative estimate of drug-likeness (QED) is 0.104. The fourth-order valence-electron chi connectivity index (χ4n) is 3.32. The molecule has 0 radical (unpaired) electrons. The van der Waals surface area contributed by atoms with Crippen LogP contribution in [-0.4, -0.2) is 5.78 Å². The summed E-state index contributed by atoms with van der Waals surface area (Å²) in [6.07, 6.45) is 0.606. The van der Waals surface area contributed by atoms with Crippen LogP contribution in [0.15, 0.2) is 21.4 Å². The molecule has 3 rings (SSSR count). The van der Waals surface area contributed by atoms with Gasteiger partial charge in [-0.3, -0.25) is 4.79 Å². The number of carbonyl (C=O) groups excluding carboxylic acids is 1. The molecule has 0 bridgehead atoms. The van der Waals surface area contributed by atoms with Crippen LogP contribution < -0.4 is 0 Å². The minimum Gasteiger partial charge on any atom is -0.289 e. The Kier molecular flexibility index (Phi) is 7.13. The van der Waals surface area contributed by atoms with Gasteiger partial charge in [0, 0.05) is 21.0 Å². The number of carbonyl (C=O) groups is 1. The van der Waals surface area contributed by atoms with Crippen LogP contribution in [0.3, 0.4) is 0 Å². The predicted octanol–water partition coefficient (Wildman–Crippen LogP) is 7.90. The van der Waals surface area contributed by atoms with E-state index in [2.05, 4.69) is 20.1 Å². The van der Waals surface area contributed by atoms with Crippen LogP contribution in [0, 0.1) is 46.5 Å². The summed E-state index contributed by atoms with van der Waals surface area (Å²) in [4.78, 5) is 16.8. The van der Waals surface area contributed by atoms with E-state index >= 15 is 0 Å². The molecule has 0 atom stereocenters. The molecular formula is C20H8F8N6O. The summed E-state index contributed by atoms with van der Waals surface area (Å²) in [5, 5.41) is 5.07. The van der Waals surface area contributed by atoms with Gasteiger partial charge in [-0.25, -0.2) is 35.1 Å². The van der Waals surface area contributed by atoms with E-state index < -0.39 is 86.0 Å². The van der Waals surface area contributed by atoms with Gasteiger partial charge in [0.15, 0.2) is 52.3 Å². The van der Waals surface area contributed by atoms with E-state index in [0.717, 1.165) is 0 Å². The van der Waals surface area contributed by atoms with Crippen LogP contribution in [0.2, 0.25) is 0 Å². The number of benzene rings is 2. The van der Waals surface area contributed by atoms with Gasteiger partial charge in [0.2, 0.25) is 0 Å². The molecule has 0 saturated heterocycles. The van der Waals surface area contributed by atoms with Crippen molar-refractivity contribution in [2.24, 2.45) is 10.2 Å². The first-order valence-electron chi connectivity index (χ1n) is 9.33. The second-order valence-corrected chi connectivity index (χ2v) is 6.94. The first-order valence-corrected chi connectivity index (χ1v) is 9.33. The zero-order chi connectivity index (χ0) is 26.0. The lowest BCUT2D eigenvalue weighted by Gasteiger charge is -2.17. The minimum absolute atomic E-state index is 0.0411. The fourth-order valence-corrected chi connectivity index (χ4v) is 3.32. The van der Waals surface area contributed by atoms with E-state index in [1.807, 2.05) is 0 Å². The SMILES string of the molecule is [N-]=[N+]=Nc1c(F)c(F)c(C=C2CCCC(=Cc3c(F)c(F)c(N=[N+]=[N-])c(F)c3F)C2=O)c(F)c1F. The Morgan fingerprint density at radius 3 is 1.20 bits per heavy atom. The second-order valence-electron chi connectivity index (χ2n) is 6.94. The largest absolute Gasteiger partial charge is 0.289 e. The molecule has 0 spiro atoms. The van der Waals surface area contributed by atoms with Gasteiger partial charge in [-0.2, -0.15) is 0 Å². The van der Waals surface area contributed by atoms with Crippen LogP contribution in [0.4, 0.5) is 46.5 Å². The van der Waals surface area contributed by atoms with Gasteiger partial charge in [0.1, 0.15) is 11.4 Å². The van der Waals surface area contributed by atoms with Gasteiger partial charge in [-0.15, -0.1) is 0 Å². The van der Waals surface area contributed by atoms with E-state index in [1.54, 1.807) is 0 Å². The highest BCUT2D eigenvalue weighted by molar-refractivity contribution is 6.14. The van der Waals surface area contributed by atoms with Crippen molar-refractivity contribution in [1.29, 1.82) is 0 Å². The number of hydrogen-bond donors (Lipinski definition) is 0. The van der Waals surface area contributed by atoms with Crippen molar-refractivity contribution >= 4 is 29.3 Å². The maximum Gasteiger partial charge on any atom is 0.185 e. The molecule has 7 nitrogen and oxygen atoms in total. The summed E-state index contributed by atoms with van der Waals surface area (Å²) in [6.45, 7) is 0. The van der Waals surface area contributed by atoms with Crippen LogP contribution in [0.5, 0.6) is 0 Å². The maximum absolute atomic E-state index is 14.3. The van der Waals surface area contributed by atoms with Crippen molar-refractivity contribution in [3.63, 3.8) is 0 Å². The molecule has 1 aliphatic carbocycles. The van der Waals surface area contributed by atoms with Crippen molar-refractivity contribution < 1.29 is 39.9 Å². The first kappa shape index (κ1) is 25.3. The molecule has 0 N–H and O–H groups in total. The van der Waals surface area contributed by atoms with Crippen LogP contribution in [-0.2, 0) is 4.79 Å². The molecule has 0 aliphatic heterocycles. The van der Waals surface area contributed by atoms with Crippen LogP contribution >= 0.6 is 0 Å². The lowest BCUT2D eigenvalue weighted by Crippen LogP contribution is -2.13. The number of halogens is 8. The smallest absolute Gasteiger partial charge is 0.185 e. The van der Waals surface area contributed by atoms with Gasteiger partial charge < -0.3 is 0 Å². The van der Waals surface area contributed by atoms with Gasteiger partial charge in [0.25, 0.3) is 0 Å². The highest BCUT2D eigenvalue weighted by atomic mass is 19.2. The standard InChI is InChI=1S/C20H8F8N6O/c21-10-8(11(22)15(26)18(14(10)25)31-33-29)4-6-2-1-3-7(20(6)35)5-9-12(23)16(27)19(32-34-30)17(28)13(9)24/h4-5H,1-3H2. The van der Waals surface area contributed by atoms with Gasteiger partial charge >= 0.3 is 0 Å². The number of rotatable bonds is 4. The second kappa shape index (κ2) is 9.87. The molecule has 0 heterocycles. The fraction of sp³-hybridized carbons (Fsp3) is 0.150. The number of azide groups is 2. The lowest BCUT2D eigenvalue weighted by molar-refractivity contribution is -0.112. The molecule has 0 amide bonds. The van der Waals surface area contributed by atoms with E-state index in [9.17, 15) is 39.9 Å². The zero-order valence-electron chi connectivity index (χ0n) is 16.9. The number of hydrogen-bond acceptors (Lipinski definition) is 3. The van der Waals surface area contributed by atoms with Gasteiger partial charge in [-0.1, -0.05) is 10.2 Å². The molecule has 180 valence electrons. The predicted molar refractivity (Wildman–Crippen MR) is 105 cm³/mol.